The molecule has 0 N–H and O–H groups in total. The molecule has 0 saturated carbocycles. The van der Waals surface area contributed by atoms with Gasteiger partial charge in [0.1, 0.15) is 0 Å². The second-order valence-corrected chi connectivity index (χ2v) is 14.4. The van der Waals surface area contributed by atoms with Gasteiger partial charge in [-0.1, -0.05) is 0 Å². The molecule has 0 radical (unpaired) electrons. The van der Waals surface area contributed by atoms with E-state index in [-0.39, 0.29) is 5.97 Å². The predicted octanol–water partition coefficient (Wildman–Crippen LogP) is 5.82. The Balaban J connectivity index is 4.94. The summed E-state index contributed by atoms with van der Waals surface area (Å²) in [5.41, 5.74) is 0. The third-order valence-electron chi connectivity index (χ3n) is 4.27. The Morgan fingerprint density at radius 2 is 1.43 bits per heavy atom. The normalized spacial score (nSPS) is 13.4. The van der Waals surface area contributed by atoms with Gasteiger partial charge in [-0.2, -0.15) is 0 Å². The van der Waals surface area contributed by atoms with Crippen molar-refractivity contribution in [3.05, 3.63) is 12.7 Å². The molecule has 0 aromatic heterocycles. The van der Waals surface area contributed by atoms with E-state index < -0.39 is 5.96 Å². The van der Waals surface area contributed by atoms with Crippen molar-refractivity contribution in [3.63, 3.8) is 0 Å². The van der Waals surface area contributed by atoms with Crippen LogP contribution in [0.15, 0.2) is 12.7 Å². The van der Waals surface area contributed by atoms with Crippen LogP contribution in [0.5, 0.6) is 0 Å². The van der Waals surface area contributed by atoms with Crippen LogP contribution in [0.1, 0.15) is 59.3 Å². The number of rotatable bonds is 13. The molecule has 4 heteroatoms. The number of halogens is 1. The summed E-state index contributed by atoms with van der Waals surface area (Å²) >= 11 is 7.37. The van der Waals surface area contributed by atoms with Crippen LogP contribution in [0.25, 0.3) is 0 Å². The van der Waals surface area contributed by atoms with Crippen LogP contribution >= 0.6 is 17.2 Å². The van der Waals surface area contributed by atoms with Crippen molar-refractivity contribution >= 4 is 23.2 Å². The van der Waals surface area contributed by atoms with E-state index >= 15 is 0 Å². The van der Waals surface area contributed by atoms with Crippen molar-refractivity contribution in [2.45, 2.75) is 59.3 Å². The summed E-state index contributed by atoms with van der Waals surface area (Å²) in [5.74, 6) is -2.60. The Bertz CT molecular complexity index is 293. The molecule has 0 saturated heterocycles. The summed E-state index contributed by atoms with van der Waals surface area (Å²) in [6.45, 7) is 10.5. The van der Waals surface area contributed by atoms with Crippen LogP contribution in [0.2, 0.25) is 0 Å². The van der Waals surface area contributed by atoms with Gasteiger partial charge in [-0.25, -0.2) is 0 Å². The maximum absolute atomic E-state index is 11.3. The molecule has 0 amide bonds. The average molecular weight is 337 g/mol. The van der Waals surface area contributed by atoms with Crippen molar-refractivity contribution in [2.75, 3.05) is 31.3 Å². The molecule has 0 aliphatic rings. The maximum atomic E-state index is 11.3. The van der Waals surface area contributed by atoms with Crippen LogP contribution < -0.4 is 0 Å². The molecule has 0 bridgehead atoms. The van der Waals surface area contributed by atoms with Gasteiger partial charge >= 0.3 is 136 Å². The monoisotopic (exact) mass is 336 g/mol. The number of carbonyl (C=O) groups excluding carboxylic acids is 1. The zero-order valence-corrected chi connectivity index (χ0v) is 15.9. The molecule has 2 nitrogen and oxygen atoms in total. The Hall–Kier alpha value is -0.0700. The summed E-state index contributed by atoms with van der Waals surface area (Å²) in [6.07, 6.45) is 12.6. The number of ether oxygens (including phenoxy) is 1. The van der Waals surface area contributed by atoms with Crippen LogP contribution in [0.3, 0.4) is 0 Å². The molecule has 0 unspecified atom stereocenters. The van der Waals surface area contributed by atoms with E-state index in [1.807, 2.05) is 0 Å². The van der Waals surface area contributed by atoms with E-state index in [1.54, 1.807) is 0 Å². The topological polar surface area (TPSA) is 26.3 Å². The first kappa shape index (κ1) is 20.9. The van der Waals surface area contributed by atoms with Gasteiger partial charge in [-0.05, 0) is 0 Å². The Kier molecular flexibility index (Phi) is 10.6. The van der Waals surface area contributed by atoms with Gasteiger partial charge in [-0.15, -0.1) is 0 Å². The number of carbonyl (C=O) groups is 1. The quantitative estimate of drug-likeness (QED) is 0.240. The molecule has 0 aliphatic carbocycles. The molecule has 0 heterocycles. The fourth-order valence-corrected chi connectivity index (χ4v) is 9.26. The summed E-state index contributed by atoms with van der Waals surface area (Å²) in [4.78, 5) is 11.3. The van der Waals surface area contributed by atoms with Crippen molar-refractivity contribution in [2.24, 2.45) is 0 Å². The van der Waals surface area contributed by atoms with E-state index in [2.05, 4.69) is 27.4 Å². The summed E-state index contributed by atoms with van der Waals surface area (Å²) < 4.78 is 5.24. The van der Waals surface area contributed by atoms with Gasteiger partial charge in [-0.3, -0.25) is 0 Å². The molecule has 0 atom stereocenters. The first-order valence-electron chi connectivity index (χ1n) is 8.45. The fraction of sp³-hybridized carbons (Fsp3) is 0.824. The van der Waals surface area contributed by atoms with Crippen LogP contribution in [-0.4, -0.2) is 37.2 Å². The van der Waals surface area contributed by atoms with E-state index in [0.29, 0.717) is 6.61 Å². The van der Waals surface area contributed by atoms with Crippen LogP contribution in [0.4, 0.5) is 0 Å². The summed E-state index contributed by atoms with van der Waals surface area (Å²) in [5, 5.41) is 0. The van der Waals surface area contributed by atoms with Crippen molar-refractivity contribution in [1.29, 1.82) is 0 Å². The second kappa shape index (κ2) is 10.6. The predicted molar refractivity (Wildman–Crippen MR) is 98.1 cm³/mol. The molecule has 21 heavy (non-hydrogen) atoms. The third kappa shape index (κ3) is 8.21. The van der Waals surface area contributed by atoms with E-state index in [1.165, 1.54) is 44.6 Å². The van der Waals surface area contributed by atoms with E-state index in [4.69, 9.17) is 16.0 Å². The average Bonchev–Trinajstić information content (AvgIpc) is 2.49. The van der Waals surface area contributed by atoms with Gasteiger partial charge in [0, 0.05) is 0 Å². The molecule has 0 aromatic carbocycles. The van der Waals surface area contributed by atoms with E-state index in [9.17, 15) is 4.79 Å². The fourth-order valence-electron chi connectivity index (χ4n) is 2.76. The SMILES string of the molecule is C=CC(=O)OCCP(Cl)(CCCC)(CCCC)CCCC. The van der Waals surface area contributed by atoms with Crippen molar-refractivity contribution < 1.29 is 9.53 Å². The van der Waals surface area contributed by atoms with Crippen LogP contribution in [-0.2, 0) is 9.53 Å². The van der Waals surface area contributed by atoms with Crippen LogP contribution in [0, 0.1) is 0 Å². The Morgan fingerprint density at radius 3 is 1.76 bits per heavy atom. The molecule has 0 aliphatic heterocycles. The molecule has 126 valence electrons. The number of hydrogen-bond acceptors (Lipinski definition) is 2. The van der Waals surface area contributed by atoms with Gasteiger partial charge in [0.2, 0.25) is 0 Å². The summed E-state index contributed by atoms with van der Waals surface area (Å²) in [6, 6.07) is 0. The summed E-state index contributed by atoms with van der Waals surface area (Å²) in [7, 11) is 0. The van der Waals surface area contributed by atoms with Gasteiger partial charge in [0.05, 0.1) is 0 Å². The second-order valence-electron chi connectivity index (χ2n) is 6.15. The molecule has 0 fully saturated rings. The van der Waals surface area contributed by atoms with E-state index in [0.717, 1.165) is 24.6 Å². The van der Waals surface area contributed by atoms with Crippen molar-refractivity contribution in [1.82, 2.24) is 0 Å². The number of esters is 1. The molecule has 0 aromatic rings. The zero-order valence-electron chi connectivity index (χ0n) is 14.2. The molecular weight excluding hydrogens is 303 g/mol. The van der Waals surface area contributed by atoms with Gasteiger partial charge in [0.15, 0.2) is 0 Å². The van der Waals surface area contributed by atoms with Crippen molar-refractivity contribution in [3.8, 4) is 0 Å². The minimum absolute atomic E-state index is 0.335. The Morgan fingerprint density at radius 1 is 1.00 bits per heavy atom. The number of hydrogen-bond donors (Lipinski definition) is 0. The molecule has 0 spiro atoms. The standard InChI is InChI=1S/C17H34ClO2P/c1-5-9-13-21(18,14-10-6-2,15-11-7-3)16-12-20-17(19)8-4/h8H,4-7,9-16H2,1-3H3. The Labute approximate surface area is 136 Å². The zero-order chi connectivity index (χ0) is 16.2. The molecular formula is C17H34ClO2P. The molecule has 0 rings (SSSR count). The third-order valence-corrected chi connectivity index (χ3v) is 11.9. The first-order valence-corrected chi connectivity index (χ1v) is 12.3. The number of unbranched alkanes of at least 4 members (excludes halogenated alkanes) is 3. The first-order chi connectivity index (χ1) is 9.93. The minimum atomic E-state index is -2.26. The van der Waals surface area contributed by atoms with Gasteiger partial charge in [0.25, 0.3) is 0 Å². The van der Waals surface area contributed by atoms with Gasteiger partial charge < -0.3 is 0 Å².